The fraction of sp³-hybridized carbons (Fsp3) is 0.533. The van der Waals surface area contributed by atoms with E-state index in [0.29, 0.717) is 17.3 Å². The number of hydrogen-bond acceptors (Lipinski definition) is 3. The Morgan fingerprint density at radius 3 is 2.95 bits per heavy atom. The van der Waals surface area contributed by atoms with E-state index in [1.807, 2.05) is 0 Å². The summed E-state index contributed by atoms with van der Waals surface area (Å²) in [4.78, 5) is 4.43. The summed E-state index contributed by atoms with van der Waals surface area (Å²) in [5, 5.41) is 0. The van der Waals surface area contributed by atoms with Crippen LogP contribution in [0.1, 0.15) is 19.2 Å². The summed E-state index contributed by atoms with van der Waals surface area (Å²) in [6, 6.07) is 3.09. The first-order valence-corrected chi connectivity index (χ1v) is 7.57. The van der Waals surface area contributed by atoms with E-state index >= 15 is 0 Å². The molecule has 2 atom stereocenters. The van der Waals surface area contributed by atoms with Crippen LogP contribution in [0.15, 0.2) is 12.1 Å². The van der Waals surface area contributed by atoms with Crippen LogP contribution < -0.4 is 4.74 Å². The van der Waals surface area contributed by atoms with Crippen molar-refractivity contribution in [2.45, 2.75) is 31.9 Å². The maximum absolute atomic E-state index is 13.8. The van der Waals surface area contributed by atoms with E-state index in [-0.39, 0.29) is 11.9 Å². The Balaban J connectivity index is 2.06. The van der Waals surface area contributed by atoms with E-state index in [0.717, 1.165) is 30.9 Å². The summed E-state index contributed by atoms with van der Waals surface area (Å²) < 4.78 is 26.5. The highest BCUT2D eigenvalue weighted by atomic mass is 35.5. The summed E-state index contributed by atoms with van der Waals surface area (Å²) in [6.45, 7) is 3.64. The van der Waals surface area contributed by atoms with Crippen molar-refractivity contribution in [1.29, 1.82) is 0 Å². The average Bonchev–Trinajstić information content (AvgIpc) is 3.02. The molecule has 0 saturated carbocycles. The largest absolute Gasteiger partial charge is 0.494 e. The van der Waals surface area contributed by atoms with Crippen LogP contribution in [0, 0.1) is 11.7 Å². The molecule has 4 nitrogen and oxygen atoms in total. The number of halogens is 2. The second-order valence-corrected chi connectivity index (χ2v) is 5.64. The molecule has 1 saturated heterocycles. The lowest BCUT2D eigenvalue weighted by Crippen LogP contribution is -2.19. The first-order chi connectivity index (χ1) is 10.1. The number of alkyl halides is 1. The molecule has 6 heteroatoms. The molecular formula is C15H18ClFN2O2. The van der Waals surface area contributed by atoms with Crippen LogP contribution in [0.4, 0.5) is 4.39 Å². The predicted molar refractivity (Wildman–Crippen MR) is 79.3 cm³/mol. The van der Waals surface area contributed by atoms with Gasteiger partial charge < -0.3 is 14.0 Å². The van der Waals surface area contributed by atoms with Crippen LogP contribution >= 0.6 is 11.6 Å². The summed E-state index contributed by atoms with van der Waals surface area (Å²) in [7, 11) is 1.46. The lowest BCUT2D eigenvalue weighted by Gasteiger charge is -2.17. The van der Waals surface area contributed by atoms with Gasteiger partial charge in [-0.05, 0) is 13.3 Å². The minimum Gasteiger partial charge on any atom is -0.494 e. The Bertz CT molecular complexity index is 659. The highest BCUT2D eigenvalue weighted by molar-refractivity contribution is 6.16. The maximum Gasteiger partial charge on any atom is 0.167 e. The van der Waals surface area contributed by atoms with Crippen molar-refractivity contribution in [3.05, 3.63) is 23.8 Å². The molecule has 1 aromatic heterocycles. The van der Waals surface area contributed by atoms with Crippen molar-refractivity contribution in [2.24, 2.45) is 5.92 Å². The summed E-state index contributed by atoms with van der Waals surface area (Å²) in [5.41, 5.74) is 1.46. The van der Waals surface area contributed by atoms with E-state index in [9.17, 15) is 4.39 Å². The zero-order chi connectivity index (χ0) is 15.0. The molecule has 3 rings (SSSR count). The fourth-order valence-corrected chi connectivity index (χ4v) is 3.09. The number of fused-ring (bicyclic) bond motifs is 1. The van der Waals surface area contributed by atoms with Crippen LogP contribution in [-0.4, -0.2) is 29.4 Å². The first-order valence-electron chi connectivity index (χ1n) is 7.04. The van der Waals surface area contributed by atoms with E-state index < -0.39 is 5.82 Å². The Hall–Kier alpha value is -1.33. The molecule has 2 unspecified atom stereocenters. The third-order valence-corrected chi connectivity index (χ3v) is 4.41. The smallest absolute Gasteiger partial charge is 0.167 e. The number of methoxy groups -OCH3 is 1. The number of imidazole rings is 1. The first kappa shape index (κ1) is 14.6. The Labute approximate surface area is 127 Å². The normalized spacial score (nSPS) is 22.1. The van der Waals surface area contributed by atoms with Gasteiger partial charge in [-0.3, -0.25) is 0 Å². The molecule has 1 fully saturated rings. The van der Waals surface area contributed by atoms with Gasteiger partial charge in [0.15, 0.2) is 11.6 Å². The molecule has 2 aromatic rings. The van der Waals surface area contributed by atoms with Crippen molar-refractivity contribution < 1.29 is 13.9 Å². The molecular weight excluding hydrogens is 295 g/mol. The van der Waals surface area contributed by atoms with Gasteiger partial charge in [-0.1, -0.05) is 0 Å². The van der Waals surface area contributed by atoms with Crippen molar-refractivity contribution in [3.63, 3.8) is 0 Å². The van der Waals surface area contributed by atoms with Gasteiger partial charge in [0, 0.05) is 31.2 Å². The molecule has 1 aliphatic rings. The number of aromatic nitrogens is 2. The fourth-order valence-electron chi connectivity index (χ4n) is 2.89. The van der Waals surface area contributed by atoms with Crippen LogP contribution in [0.2, 0.25) is 0 Å². The third-order valence-electron chi connectivity index (χ3n) is 4.17. The Morgan fingerprint density at radius 2 is 2.33 bits per heavy atom. The van der Waals surface area contributed by atoms with Gasteiger partial charge in [-0.2, -0.15) is 0 Å². The predicted octanol–water partition coefficient (Wildman–Crippen LogP) is 3.35. The minimum absolute atomic E-state index is 0.216. The number of rotatable bonds is 4. The van der Waals surface area contributed by atoms with Crippen LogP contribution in [0.25, 0.3) is 11.0 Å². The molecule has 0 spiro atoms. The van der Waals surface area contributed by atoms with Crippen molar-refractivity contribution in [3.8, 4) is 5.75 Å². The third kappa shape index (κ3) is 2.60. The van der Waals surface area contributed by atoms with Crippen molar-refractivity contribution >= 4 is 22.6 Å². The molecule has 1 aliphatic heterocycles. The zero-order valence-electron chi connectivity index (χ0n) is 12.1. The number of hydrogen-bond donors (Lipinski definition) is 0. The Kier molecular flexibility index (Phi) is 4.04. The molecule has 0 amide bonds. The molecule has 0 N–H and O–H groups in total. The SMILES string of the molecule is COc1cc2c(cc1F)nc(CCl)n2CC1CCOC1C. The lowest BCUT2D eigenvalue weighted by atomic mass is 10.0. The minimum atomic E-state index is -0.409. The summed E-state index contributed by atoms with van der Waals surface area (Å²) in [6.07, 6.45) is 1.23. The van der Waals surface area contributed by atoms with Gasteiger partial charge >= 0.3 is 0 Å². The highest BCUT2D eigenvalue weighted by Crippen LogP contribution is 2.29. The summed E-state index contributed by atoms with van der Waals surface area (Å²) >= 11 is 6.00. The van der Waals surface area contributed by atoms with E-state index in [1.165, 1.54) is 13.2 Å². The maximum atomic E-state index is 13.8. The Morgan fingerprint density at radius 1 is 1.52 bits per heavy atom. The average molecular weight is 313 g/mol. The van der Waals surface area contributed by atoms with Crippen LogP contribution in [0.5, 0.6) is 5.75 Å². The summed E-state index contributed by atoms with van der Waals surface area (Å²) in [5.74, 6) is 1.27. The molecule has 1 aromatic carbocycles. The number of benzene rings is 1. The molecule has 2 heterocycles. The van der Waals surface area contributed by atoms with Gasteiger partial charge in [-0.15, -0.1) is 11.6 Å². The second kappa shape index (κ2) is 5.81. The van der Waals surface area contributed by atoms with Gasteiger partial charge in [0.25, 0.3) is 0 Å². The van der Waals surface area contributed by atoms with Gasteiger partial charge in [0.1, 0.15) is 5.82 Å². The number of nitrogens with zero attached hydrogens (tertiary/aromatic N) is 2. The van der Waals surface area contributed by atoms with E-state index in [2.05, 4.69) is 16.5 Å². The standard InChI is InChI=1S/C15H18ClFN2O2/c1-9-10(3-4-21-9)8-19-13-6-14(20-2)11(17)5-12(13)18-15(19)7-16/h5-6,9-10H,3-4,7-8H2,1-2H3. The van der Waals surface area contributed by atoms with Gasteiger partial charge in [-0.25, -0.2) is 9.37 Å². The topological polar surface area (TPSA) is 36.3 Å². The van der Waals surface area contributed by atoms with E-state index in [4.69, 9.17) is 21.1 Å². The zero-order valence-corrected chi connectivity index (χ0v) is 12.9. The number of ether oxygens (including phenoxy) is 2. The molecule has 21 heavy (non-hydrogen) atoms. The van der Waals surface area contributed by atoms with Crippen molar-refractivity contribution in [2.75, 3.05) is 13.7 Å². The molecule has 0 radical (unpaired) electrons. The molecule has 114 valence electrons. The van der Waals surface area contributed by atoms with Gasteiger partial charge in [0.05, 0.1) is 30.1 Å². The monoisotopic (exact) mass is 312 g/mol. The second-order valence-electron chi connectivity index (χ2n) is 5.37. The lowest BCUT2D eigenvalue weighted by molar-refractivity contribution is 0.102. The van der Waals surface area contributed by atoms with Crippen molar-refractivity contribution in [1.82, 2.24) is 9.55 Å². The molecule has 0 aliphatic carbocycles. The quantitative estimate of drug-likeness (QED) is 0.812. The van der Waals surface area contributed by atoms with Gasteiger partial charge in [0.2, 0.25) is 0 Å². The van der Waals surface area contributed by atoms with E-state index in [1.54, 1.807) is 6.07 Å². The van der Waals surface area contributed by atoms with Crippen LogP contribution in [0.3, 0.4) is 0 Å². The highest BCUT2D eigenvalue weighted by Gasteiger charge is 2.26. The molecule has 0 bridgehead atoms. The van der Waals surface area contributed by atoms with Crippen LogP contribution in [-0.2, 0) is 17.2 Å².